The van der Waals surface area contributed by atoms with Gasteiger partial charge in [0, 0.05) is 12.7 Å². The molecule has 1 aromatic rings. The van der Waals surface area contributed by atoms with Crippen LogP contribution in [0.15, 0.2) is 12.3 Å². The SMILES string of the molecule is CCCNC(c1ccnn1CC)C(C)C1CC1. The van der Waals surface area contributed by atoms with Crippen molar-refractivity contribution in [2.45, 2.75) is 52.6 Å². The van der Waals surface area contributed by atoms with Crippen molar-refractivity contribution in [3.05, 3.63) is 18.0 Å². The van der Waals surface area contributed by atoms with Gasteiger partial charge in [0.05, 0.1) is 11.7 Å². The summed E-state index contributed by atoms with van der Waals surface area (Å²) in [5.41, 5.74) is 1.36. The standard InChI is InChI=1S/C14H25N3/c1-4-9-15-14(11(3)12-6-7-12)13-8-10-16-17(13)5-2/h8,10-12,14-15H,4-7,9H2,1-3H3. The summed E-state index contributed by atoms with van der Waals surface area (Å²) in [5.74, 6) is 1.65. The molecule has 1 saturated carbocycles. The van der Waals surface area contributed by atoms with Crippen molar-refractivity contribution in [1.29, 1.82) is 0 Å². The van der Waals surface area contributed by atoms with Crippen LogP contribution in [0.4, 0.5) is 0 Å². The van der Waals surface area contributed by atoms with E-state index in [1.165, 1.54) is 25.0 Å². The minimum absolute atomic E-state index is 0.477. The molecule has 0 bridgehead atoms. The third kappa shape index (κ3) is 2.89. The molecule has 1 fully saturated rings. The first-order chi connectivity index (χ1) is 8.27. The molecule has 0 amide bonds. The predicted molar refractivity (Wildman–Crippen MR) is 70.8 cm³/mol. The number of nitrogens with zero attached hydrogens (tertiary/aromatic N) is 2. The molecule has 0 spiro atoms. The molecule has 1 aliphatic carbocycles. The summed E-state index contributed by atoms with van der Waals surface area (Å²) in [6.07, 6.45) is 5.94. The van der Waals surface area contributed by atoms with Crippen molar-refractivity contribution in [3.8, 4) is 0 Å². The van der Waals surface area contributed by atoms with Gasteiger partial charge in [0.15, 0.2) is 0 Å². The smallest absolute Gasteiger partial charge is 0.0556 e. The summed E-state index contributed by atoms with van der Waals surface area (Å²) in [5, 5.41) is 8.11. The van der Waals surface area contributed by atoms with Gasteiger partial charge in [0.1, 0.15) is 0 Å². The molecule has 2 atom stereocenters. The van der Waals surface area contributed by atoms with Gasteiger partial charge in [-0.25, -0.2) is 0 Å². The number of hydrogen-bond acceptors (Lipinski definition) is 2. The fourth-order valence-electron chi connectivity index (χ4n) is 2.63. The van der Waals surface area contributed by atoms with E-state index in [1.54, 1.807) is 0 Å². The molecule has 1 aromatic heterocycles. The van der Waals surface area contributed by atoms with Gasteiger partial charge < -0.3 is 5.32 Å². The lowest BCUT2D eigenvalue weighted by atomic mass is 9.93. The van der Waals surface area contributed by atoms with Crippen molar-refractivity contribution in [1.82, 2.24) is 15.1 Å². The predicted octanol–water partition coefficient (Wildman–Crippen LogP) is 2.99. The summed E-state index contributed by atoms with van der Waals surface area (Å²) >= 11 is 0. The van der Waals surface area contributed by atoms with E-state index in [4.69, 9.17) is 0 Å². The molecule has 1 aliphatic rings. The van der Waals surface area contributed by atoms with Crippen LogP contribution < -0.4 is 5.32 Å². The molecule has 2 unspecified atom stereocenters. The molecule has 0 aliphatic heterocycles. The normalized spacial score (nSPS) is 19.2. The Morgan fingerprint density at radius 2 is 2.24 bits per heavy atom. The second-order valence-electron chi connectivity index (χ2n) is 5.20. The highest BCUT2D eigenvalue weighted by Crippen LogP contribution is 2.42. The van der Waals surface area contributed by atoms with Crippen LogP contribution in [0.2, 0.25) is 0 Å². The lowest BCUT2D eigenvalue weighted by Gasteiger charge is -2.26. The molecule has 0 saturated heterocycles. The number of hydrogen-bond donors (Lipinski definition) is 1. The molecule has 1 heterocycles. The summed E-state index contributed by atoms with van der Waals surface area (Å²) in [6.45, 7) is 8.83. The lowest BCUT2D eigenvalue weighted by Crippen LogP contribution is -2.30. The first-order valence-electron chi connectivity index (χ1n) is 7.03. The zero-order valence-corrected chi connectivity index (χ0v) is 11.3. The van der Waals surface area contributed by atoms with Crippen LogP contribution >= 0.6 is 0 Å². The van der Waals surface area contributed by atoms with Crippen LogP contribution in [0.1, 0.15) is 51.8 Å². The largest absolute Gasteiger partial charge is 0.308 e. The van der Waals surface area contributed by atoms with E-state index in [-0.39, 0.29) is 0 Å². The van der Waals surface area contributed by atoms with E-state index in [0.29, 0.717) is 6.04 Å². The molecule has 0 radical (unpaired) electrons. The van der Waals surface area contributed by atoms with E-state index >= 15 is 0 Å². The van der Waals surface area contributed by atoms with Gasteiger partial charge in [0.25, 0.3) is 0 Å². The number of aromatic nitrogens is 2. The molecular weight excluding hydrogens is 210 g/mol. The highest BCUT2D eigenvalue weighted by Gasteiger charge is 2.34. The molecule has 2 rings (SSSR count). The van der Waals surface area contributed by atoms with Gasteiger partial charge in [0.2, 0.25) is 0 Å². The Balaban J connectivity index is 2.13. The van der Waals surface area contributed by atoms with Gasteiger partial charge in [-0.05, 0) is 50.6 Å². The maximum absolute atomic E-state index is 4.40. The molecule has 3 heteroatoms. The Kier molecular flexibility index (Phi) is 4.21. The minimum Gasteiger partial charge on any atom is -0.308 e. The summed E-state index contributed by atoms with van der Waals surface area (Å²) in [4.78, 5) is 0. The highest BCUT2D eigenvalue weighted by atomic mass is 15.3. The fourth-order valence-corrected chi connectivity index (χ4v) is 2.63. The van der Waals surface area contributed by atoms with Crippen molar-refractivity contribution >= 4 is 0 Å². The van der Waals surface area contributed by atoms with E-state index in [0.717, 1.165) is 24.9 Å². The van der Waals surface area contributed by atoms with Crippen LogP contribution in [0.3, 0.4) is 0 Å². The van der Waals surface area contributed by atoms with Gasteiger partial charge in [-0.2, -0.15) is 5.10 Å². The van der Waals surface area contributed by atoms with Crippen LogP contribution in [0, 0.1) is 11.8 Å². The minimum atomic E-state index is 0.477. The first kappa shape index (κ1) is 12.6. The Morgan fingerprint density at radius 1 is 1.47 bits per heavy atom. The van der Waals surface area contributed by atoms with Crippen LogP contribution in [0.5, 0.6) is 0 Å². The maximum Gasteiger partial charge on any atom is 0.0556 e. The Hall–Kier alpha value is -0.830. The Morgan fingerprint density at radius 3 is 2.82 bits per heavy atom. The molecular formula is C14H25N3. The number of aryl methyl sites for hydroxylation is 1. The summed E-state index contributed by atoms with van der Waals surface area (Å²) in [7, 11) is 0. The second-order valence-corrected chi connectivity index (χ2v) is 5.20. The third-order valence-corrected chi connectivity index (χ3v) is 3.87. The van der Waals surface area contributed by atoms with Crippen molar-refractivity contribution in [2.24, 2.45) is 11.8 Å². The van der Waals surface area contributed by atoms with Crippen LogP contribution in [0.25, 0.3) is 0 Å². The quantitative estimate of drug-likeness (QED) is 0.787. The highest BCUT2D eigenvalue weighted by molar-refractivity contribution is 5.10. The molecule has 96 valence electrons. The van der Waals surface area contributed by atoms with Gasteiger partial charge in [-0.15, -0.1) is 0 Å². The van der Waals surface area contributed by atoms with Crippen LogP contribution in [-0.2, 0) is 6.54 Å². The average molecular weight is 235 g/mol. The summed E-state index contributed by atoms with van der Waals surface area (Å²) in [6, 6.07) is 2.65. The van der Waals surface area contributed by atoms with Crippen molar-refractivity contribution in [3.63, 3.8) is 0 Å². The Bertz CT molecular complexity index is 341. The monoisotopic (exact) mass is 235 g/mol. The molecule has 17 heavy (non-hydrogen) atoms. The first-order valence-corrected chi connectivity index (χ1v) is 7.03. The Labute approximate surface area is 105 Å². The van der Waals surface area contributed by atoms with E-state index < -0.39 is 0 Å². The third-order valence-electron chi connectivity index (χ3n) is 3.87. The van der Waals surface area contributed by atoms with Gasteiger partial charge in [-0.1, -0.05) is 13.8 Å². The van der Waals surface area contributed by atoms with Crippen molar-refractivity contribution in [2.75, 3.05) is 6.54 Å². The lowest BCUT2D eigenvalue weighted by molar-refractivity contribution is 0.331. The van der Waals surface area contributed by atoms with E-state index in [1.807, 2.05) is 6.20 Å². The zero-order valence-electron chi connectivity index (χ0n) is 11.3. The van der Waals surface area contributed by atoms with E-state index in [2.05, 4.69) is 41.9 Å². The fraction of sp³-hybridized carbons (Fsp3) is 0.786. The average Bonchev–Trinajstić information content (AvgIpc) is 3.09. The van der Waals surface area contributed by atoms with Crippen molar-refractivity contribution < 1.29 is 0 Å². The number of rotatable bonds is 7. The molecule has 3 nitrogen and oxygen atoms in total. The zero-order chi connectivity index (χ0) is 12.3. The molecule has 0 aromatic carbocycles. The van der Waals surface area contributed by atoms with E-state index in [9.17, 15) is 0 Å². The number of nitrogens with one attached hydrogen (secondary N) is 1. The van der Waals surface area contributed by atoms with Crippen LogP contribution in [-0.4, -0.2) is 16.3 Å². The van der Waals surface area contributed by atoms with Gasteiger partial charge in [-0.3, -0.25) is 4.68 Å². The summed E-state index contributed by atoms with van der Waals surface area (Å²) < 4.78 is 2.13. The maximum atomic E-state index is 4.40. The molecule has 1 N–H and O–H groups in total. The topological polar surface area (TPSA) is 29.9 Å². The van der Waals surface area contributed by atoms with Gasteiger partial charge >= 0.3 is 0 Å². The second kappa shape index (κ2) is 5.67.